The number of halogens is 1. The Kier molecular flexibility index (Phi) is 4.09. The monoisotopic (exact) mass is 379 g/mol. The number of fused-ring (bicyclic) bond motifs is 2. The second-order valence-corrected chi connectivity index (χ2v) is 8.15. The van der Waals surface area contributed by atoms with Gasteiger partial charge < -0.3 is 10.5 Å². The third-order valence-electron chi connectivity index (χ3n) is 4.05. The van der Waals surface area contributed by atoms with Crippen LogP contribution in [0.5, 0.6) is 0 Å². The van der Waals surface area contributed by atoms with Crippen molar-refractivity contribution >= 4 is 38.9 Å². The lowest BCUT2D eigenvalue weighted by Crippen LogP contribution is -2.12. The van der Waals surface area contributed by atoms with E-state index in [1.54, 1.807) is 6.92 Å². The molecule has 130 valence electrons. The number of methoxy groups -OCH3 is 1. The number of carbonyl (C=O) groups is 2. The number of anilines is 1. The van der Waals surface area contributed by atoms with Crippen molar-refractivity contribution < 1.29 is 22.7 Å². The topological polar surface area (TPSA) is 104 Å². The minimum atomic E-state index is -3.89. The smallest absolute Gasteiger partial charge is 0.337 e. The summed E-state index contributed by atoms with van der Waals surface area (Å²) in [5.41, 5.74) is 6.79. The van der Waals surface area contributed by atoms with Crippen LogP contribution in [0.4, 0.5) is 5.69 Å². The molecular weight excluding hydrogens is 366 g/mol. The number of rotatable bonds is 1. The highest BCUT2D eigenvalue weighted by atomic mass is 35.5. The molecule has 0 radical (unpaired) electrons. The van der Waals surface area contributed by atoms with Gasteiger partial charge in [0, 0.05) is 16.8 Å². The quantitative estimate of drug-likeness (QED) is 0.603. The molecule has 2 N–H and O–H groups in total. The molecule has 0 spiro atoms. The van der Waals surface area contributed by atoms with Gasteiger partial charge in [0.1, 0.15) is 0 Å². The molecule has 0 saturated heterocycles. The largest absolute Gasteiger partial charge is 0.465 e. The van der Waals surface area contributed by atoms with Crippen LogP contribution in [0.3, 0.4) is 0 Å². The summed E-state index contributed by atoms with van der Waals surface area (Å²) in [5, 5.41) is 0.0968. The second kappa shape index (κ2) is 5.86. The summed E-state index contributed by atoms with van der Waals surface area (Å²) in [4.78, 5) is 24.6. The van der Waals surface area contributed by atoms with E-state index in [9.17, 15) is 18.0 Å². The van der Waals surface area contributed by atoms with E-state index in [2.05, 4.69) is 4.74 Å². The highest BCUT2D eigenvalue weighted by Crippen LogP contribution is 2.36. The van der Waals surface area contributed by atoms with E-state index in [1.807, 2.05) is 0 Å². The van der Waals surface area contributed by atoms with E-state index in [0.717, 1.165) is 0 Å². The maximum atomic E-state index is 13.0. The van der Waals surface area contributed by atoms with Gasteiger partial charge in [-0.3, -0.25) is 4.79 Å². The number of nitrogens with two attached hydrogens (primary N) is 1. The van der Waals surface area contributed by atoms with E-state index < -0.39 is 27.3 Å². The lowest BCUT2D eigenvalue weighted by molar-refractivity contribution is 0.0600. The average molecular weight is 380 g/mol. The van der Waals surface area contributed by atoms with Crippen molar-refractivity contribution in [2.75, 3.05) is 12.8 Å². The summed E-state index contributed by atoms with van der Waals surface area (Å²) < 4.78 is 30.4. The van der Waals surface area contributed by atoms with Crippen molar-refractivity contribution in [3.05, 3.63) is 57.1 Å². The van der Waals surface area contributed by atoms with Crippen LogP contribution in [-0.4, -0.2) is 27.3 Å². The third-order valence-corrected chi connectivity index (χ3v) is 6.03. The number of ketones is 1. The van der Waals surface area contributed by atoms with Gasteiger partial charge in [0.2, 0.25) is 0 Å². The van der Waals surface area contributed by atoms with E-state index in [-0.39, 0.29) is 37.9 Å². The Morgan fingerprint density at radius 2 is 1.88 bits per heavy atom. The van der Waals surface area contributed by atoms with Gasteiger partial charge in [0.05, 0.1) is 28.3 Å². The Morgan fingerprint density at radius 1 is 1.20 bits per heavy atom. The fourth-order valence-corrected chi connectivity index (χ4v) is 4.99. The summed E-state index contributed by atoms with van der Waals surface area (Å²) in [5.74, 6) is -1.63. The number of carbonyl (C=O) groups excluding carboxylic acids is 2. The van der Waals surface area contributed by atoms with Gasteiger partial charge in [-0.15, -0.1) is 0 Å². The molecule has 3 rings (SSSR count). The Balaban J connectivity index is 2.39. The van der Waals surface area contributed by atoms with Crippen molar-refractivity contribution in [1.82, 2.24) is 0 Å². The molecule has 0 saturated carbocycles. The summed E-state index contributed by atoms with van der Waals surface area (Å²) in [6, 6.07) is 5.44. The van der Waals surface area contributed by atoms with Crippen LogP contribution in [-0.2, 0) is 20.3 Å². The molecule has 25 heavy (non-hydrogen) atoms. The van der Waals surface area contributed by atoms with E-state index in [1.165, 1.54) is 31.4 Å². The number of ether oxygens (including phenoxy) is 1. The molecule has 0 aliphatic carbocycles. The van der Waals surface area contributed by atoms with Gasteiger partial charge >= 0.3 is 5.97 Å². The average Bonchev–Trinajstić information content (AvgIpc) is 2.59. The Bertz CT molecular complexity index is 1040. The lowest BCUT2D eigenvalue weighted by atomic mass is 9.94. The molecule has 0 aromatic heterocycles. The van der Waals surface area contributed by atoms with Crippen LogP contribution < -0.4 is 5.73 Å². The first-order valence-corrected chi connectivity index (χ1v) is 9.27. The molecule has 0 fully saturated rings. The van der Waals surface area contributed by atoms with Crippen LogP contribution in [0.25, 0.3) is 0 Å². The molecule has 6 nitrogen and oxygen atoms in total. The minimum Gasteiger partial charge on any atom is -0.465 e. The molecule has 1 aliphatic heterocycles. The summed E-state index contributed by atoms with van der Waals surface area (Å²) >= 11 is 6.16. The predicted molar refractivity (Wildman–Crippen MR) is 92.7 cm³/mol. The van der Waals surface area contributed by atoms with Crippen LogP contribution in [0.2, 0.25) is 5.02 Å². The molecule has 0 bridgehead atoms. The van der Waals surface area contributed by atoms with Gasteiger partial charge in [-0.2, -0.15) is 0 Å². The number of nitrogen functional groups attached to an aromatic ring is 1. The summed E-state index contributed by atoms with van der Waals surface area (Å²) in [6.07, 6.45) is 0. The van der Waals surface area contributed by atoms with Crippen molar-refractivity contribution in [2.24, 2.45) is 0 Å². The van der Waals surface area contributed by atoms with Gasteiger partial charge in [0.25, 0.3) is 0 Å². The third kappa shape index (κ3) is 2.79. The normalized spacial score (nSPS) is 15.1. The lowest BCUT2D eigenvalue weighted by Gasteiger charge is -2.11. The number of esters is 1. The van der Waals surface area contributed by atoms with Gasteiger partial charge in [0.15, 0.2) is 15.6 Å². The van der Waals surface area contributed by atoms with Crippen molar-refractivity contribution in [1.29, 1.82) is 0 Å². The van der Waals surface area contributed by atoms with E-state index in [0.29, 0.717) is 5.56 Å². The van der Waals surface area contributed by atoms with Gasteiger partial charge in [-0.25, -0.2) is 13.2 Å². The van der Waals surface area contributed by atoms with Crippen LogP contribution in [0.1, 0.15) is 37.4 Å². The summed E-state index contributed by atoms with van der Waals surface area (Å²) in [6.45, 7) is 1.56. The van der Waals surface area contributed by atoms with Crippen molar-refractivity contribution in [3.8, 4) is 0 Å². The number of sulfone groups is 1. The fourth-order valence-electron chi connectivity index (χ4n) is 2.99. The minimum absolute atomic E-state index is 0.0121. The van der Waals surface area contributed by atoms with Crippen LogP contribution in [0, 0.1) is 6.92 Å². The number of aryl methyl sites for hydroxylation is 1. The maximum absolute atomic E-state index is 13.0. The first kappa shape index (κ1) is 17.4. The zero-order valence-electron chi connectivity index (χ0n) is 13.4. The Morgan fingerprint density at radius 3 is 2.52 bits per heavy atom. The standard InChI is InChI=1S/C17H14ClNO5S/c1-8-3-9(17(21)24-2)5-13-14(8)16(20)15-10(7-25(13,22)23)4-11(19)6-12(15)18/h3-6H,7,19H2,1-2H3. The molecule has 1 aliphatic rings. The summed E-state index contributed by atoms with van der Waals surface area (Å²) in [7, 11) is -2.69. The number of hydrogen-bond donors (Lipinski definition) is 1. The molecular formula is C17H14ClNO5S. The molecule has 2 aromatic rings. The van der Waals surface area contributed by atoms with Crippen LogP contribution in [0.15, 0.2) is 29.2 Å². The van der Waals surface area contributed by atoms with E-state index >= 15 is 0 Å². The van der Waals surface area contributed by atoms with Crippen molar-refractivity contribution in [3.63, 3.8) is 0 Å². The molecule has 8 heteroatoms. The number of hydrogen-bond acceptors (Lipinski definition) is 6. The molecule has 1 heterocycles. The molecule has 2 aromatic carbocycles. The highest BCUT2D eigenvalue weighted by Gasteiger charge is 2.34. The SMILES string of the molecule is COC(=O)c1cc(C)c2c(c1)S(=O)(=O)Cc1cc(N)cc(Cl)c1C2=O. The molecule has 0 amide bonds. The highest BCUT2D eigenvalue weighted by molar-refractivity contribution is 7.90. The zero-order chi connectivity index (χ0) is 18.5. The predicted octanol–water partition coefficient (Wildman–Crippen LogP) is 2.54. The maximum Gasteiger partial charge on any atom is 0.337 e. The molecule has 0 unspecified atom stereocenters. The first-order chi connectivity index (χ1) is 11.7. The van der Waals surface area contributed by atoms with Crippen LogP contribution >= 0.6 is 11.6 Å². The van der Waals surface area contributed by atoms with E-state index in [4.69, 9.17) is 17.3 Å². The van der Waals surface area contributed by atoms with Gasteiger partial charge in [-0.1, -0.05) is 11.6 Å². The van der Waals surface area contributed by atoms with Crippen molar-refractivity contribution in [2.45, 2.75) is 17.6 Å². The Hall–Kier alpha value is -2.38. The zero-order valence-corrected chi connectivity index (χ0v) is 15.0. The first-order valence-electron chi connectivity index (χ1n) is 7.24. The molecule has 0 atom stereocenters. The fraction of sp³-hybridized carbons (Fsp3) is 0.176. The second-order valence-electron chi connectivity index (χ2n) is 5.78. The number of benzene rings is 2. The Labute approximate surface area is 149 Å². The van der Waals surface area contributed by atoms with Gasteiger partial charge in [-0.05, 0) is 42.3 Å².